The van der Waals surface area contributed by atoms with Crippen LogP contribution >= 0.6 is 0 Å². The Morgan fingerprint density at radius 3 is 2.50 bits per heavy atom. The van der Waals surface area contributed by atoms with Gasteiger partial charge in [0.1, 0.15) is 5.75 Å². The number of methoxy groups -OCH3 is 1. The molecule has 0 saturated heterocycles. The molecule has 3 N–H and O–H groups in total. The first-order valence-electron chi connectivity index (χ1n) is 4.78. The van der Waals surface area contributed by atoms with Gasteiger partial charge in [-0.15, -0.1) is 0 Å². The third-order valence-electron chi connectivity index (χ3n) is 2.22. The number of aliphatic hydroxyl groups excluding tert-OH is 1. The number of aliphatic hydroxyl groups is 1. The minimum absolute atomic E-state index is 0.00746. The Morgan fingerprint density at radius 2 is 2.00 bits per heavy atom. The second-order valence-electron chi connectivity index (χ2n) is 3.25. The van der Waals surface area contributed by atoms with Gasteiger partial charge in [-0.3, -0.25) is 0 Å². The van der Waals surface area contributed by atoms with Gasteiger partial charge in [0.15, 0.2) is 0 Å². The topological polar surface area (TPSA) is 55.5 Å². The van der Waals surface area contributed by atoms with Crippen LogP contribution in [0.2, 0.25) is 0 Å². The fourth-order valence-electron chi connectivity index (χ4n) is 1.33. The molecule has 1 aromatic carbocycles. The van der Waals surface area contributed by atoms with Crippen molar-refractivity contribution in [1.29, 1.82) is 0 Å². The van der Waals surface area contributed by atoms with E-state index in [1.54, 1.807) is 7.11 Å². The molecule has 0 fully saturated rings. The molecular formula is C11H17NO2. The highest BCUT2D eigenvalue weighted by atomic mass is 16.5. The Balaban J connectivity index is 2.57. The Morgan fingerprint density at radius 1 is 1.36 bits per heavy atom. The lowest BCUT2D eigenvalue weighted by Gasteiger charge is -2.11. The highest BCUT2D eigenvalue weighted by molar-refractivity contribution is 5.28. The van der Waals surface area contributed by atoms with Crippen molar-refractivity contribution in [2.75, 3.05) is 13.7 Å². The van der Waals surface area contributed by atoms with Crippen molar-refractivity contribution in [3.8, 4) is 5.75 Å². The first-order valence-corrected chi connectivity index (χ1v) is 4.78. The summed E-state index contributed by atoms with van der Waals surface area (Å²) < 4.78 is 5.05. The van der Waals surface area contributed by atoms with E-state index in [2.05, 4.69) is 0 Å². The van der Waals surface area contributed by atoms with Gasteiger partial charge >= 0.3 is 0 Å². The molecule has 0 amide bonds. The second-order valence-corrected chi connectivity index (χ2v) is 3.25. The molecule has 14 heavy (non-hydrogen) atoms. The maximum Gasteiger partial charge on any atom is 0.118 e. The minimum Gasteiger partial charge on any atom is -0.497 e. The van der Waals surface area contributed by atoms with Crippen molar-refractivity contribution in [3.05, 3.63) is 29.8 Å². The van der Waals surface area contributed by atoms with Gasteiger partial charge in [-0.2, -0.15) is 0 Å². The molecule has 0 radical (unpaired) electrons. The number of ether oxygens (including phenoxy) is 1. The molecule has 0 unspecified atom stereocenters. The molecule has 0 aromatic heterocycles. The highest BCUT2D eigenvalue weighted by Crippen LogP contribution is 2.18. The maximum absolute atomic E-state index is 8.67. The van der Waals surface area contributed by atoms with Gasteiger partial charge in [-0.1, -0.05) is 12.1 Å². The third-order valence-corrected chi connectivity index (χ3v) is 2.22. The second kappa shape index (κ2) is 5.62. The van der Waals surface area contributed by atoms with Gasteiger partial charge in [0.25, 0.3) is 0 Å². The monoisotopic (exact) mass is 195 g/mol. The molecule has 3 heteroatoms. The average molecular weight is 195 g/mol. The zero-order valence-corrected chi connectivity index (χ0v) is 8.44. The van der Waals surface area contributed by atoms with E-state index >= 15 is 0 Å². The van der Waals surface area contributed by atoms with E-state index in [0.29, 0.717) is 0 Å². The predicted octanol–water partition coefficient (Wildman–Crippen LogP) is 1.47. The van der Waals surface area contributed by atoms with Gasteiger partial charge in [-0.25, -0.2) is 0 Å². The first kappa shape index (κ1) is 11.0. The largest absolute Gasteiger partial charge is 0.497 e. The highest BCUT2D eigenvalue weighted by Gasteiger charge is 2.04. The summed E-state index contributed by atoms with van der Waals surface area (Å²) in [6, 6.07) is 7.72. The number of benzene rings is 1. The minimum atomic E-state index is 0.00746. The van der Waals surface area contributed by atoms with Gasteiger partial charge in [-0.05, 0) is 30.5 Å². The fraction of sp³-hybridized carbons (Fsp3) is 0.455. The molecule has 1 atom stereocenters. The van der Waals surface area contributed by atoms with Crippen LogP contribution < -0.4 is 10.5 Å². The van der Waals surface area contributed by atoms with E-state index < -0.39 is 0 Å². The van der Waals surface area contributed by atoms with E-state index in [0.717, 1.165) is 24.2 Å². The van der Waals surface area contributed by atoms with Crippen LogP contribution in [-0.4, -0.2) is 18.8 Å². The molecule has 78 valence electrons. The van der Waals surface area contributed by atoms with Crippen LogP contribution in [0.3, 0.4) is 0 Å². The van der Waals surface area contributed by atoms with E-state index in [-0.39, 0.29) is 12.6 Å². The summed E-state index contributed by atoms with van der Waals surface area (Å²) >= 11 is 0. The van der Waals surface area contributed by atoms with Gasteiger partial charge < -0.3 is 15.6 Å². The number of hydrogen-bond acceptors (Lipinski definition) is 3. The van der Waals surface area contributed by atoms with Crippen LogP contribution in [0.25, 0.3) is 0 Å². The molecule has 0 heterocycles. The van der Waals surface area contributed by atoms with Crippen molar-refractivity contribution in [2.24, 2.45) is 5.73 Å². The summed E-state index contributed by atoms with van der Waals surface area (Å²) in [4.78, 5) is 0. The van der Waals surface area contributed by atoms with Crippen LogP contribution in [0.15, 0.2) is 24.3 Å². The molecule has 1 rings (SSSR count). The van der Waals surface area contributed by atoms with Gasteiger partial charge in [0.05, 0.1) is 7.11 Å². The van der Waals surface area contributed by atoms with Crippen LogP contribution in [0.1, 0.15) is 24.4 Å². The van der Waals surface area contributed by atoms with E-state index in [1.807, 2.05) is 24.3 Å². The van der Waals surface area contributed by atoms with Gasteiger partial charge in [0, 0.05) is 12.6 Å². The Bertz CT molecular complexity index is 258. The van der Waals surface area contributed by atoms with E-state index in [1.165, 1.54) is 0 Å². The summed E-state index contributed by atoms with van der Waals surface area (Å²) in [7, 11) is 1.64. The number of rotatable bonds is 5. The molecule has 0 aliphatic heterocycles. The lowest BCUT2D eigenvalue weighted by molar-refractivity contribution is 0.280. The quantitative estimate of drug-likeness (QED) is 0.748. The molecule has 0 aliphatic carbocycles. The molecule has 0 spiro atoms. The van der Waals surface area contributed by atoms with Crippen LogP contribution in [0.5, 0.6) is 5.75 Å². The van der Waals surface area contributed by atoms with Crippen molar-refractivity contribution in [2.45, 2.75) is 18.9 Å². The van der Waals surface area contributed by atoms with Crippen molar-refractivity contribution >= 4 is 0 Å². The molecular weight excluding hydrogens is 178 g/mol. The Kier molecular flexibility index (Phi) is 4.43. The third kappa shape index (κ3) is 3.01. The predicted molar refractivity (Wildman–Crippen MR) is 56.2 cm³/mol. The van der Waals surface area contributed by atoms with Crippen molar-refractivity contribution in [3.63, 3.8) is 0 Å². The molecule has 0 aliphatic rings. The summed E-state index contributed by atoms with van der Waals surface area (Å²) in [6.07, 6.45) is 1.55. The van der Waals surface area contributed by atoms with Crippen LogP contribution in [0.4, 0.5) is 0 Å². The van der Waals surface area contributed by atoms with Gasteiger partial charge in [0.2, 0.25) is 0 Å². The molecule has 0 bridgehead atoms. The Hall–Kier alpha value is -1.06. The summed E-state index contributed by atoms with van der Waals surface area (Å²) in [6.45, 7) is 0.198. The van der Waals surface area contributed by atoms with Crippen molar-refractivity contribution in [1.82, 2.24) is 0 Å². The molecule has 1 aromatic rings. The normalized spacial score (nSPS) is 12.5. The van der Waals surface area contributed by atoms with E-state index in [9.17, 15) is 0 Å². The standard InChI is InChI=1S/C11H17NO2/c1-14-10-6-4-9(5-7-10)11(12)3-2-8-13/h4-7,11,13H,2-3,8,12H2,1H3/t11-/m0/s1. The summed E-state index contributed by atoms with van der Waals surface area (Å²) in [5.41, 5.74) is 7.00. The molecule has 3 nitrogen and oxygen atoms in total. The maximum atomic E-state index is 8.67. The summed E-state index contributed by atoms with van der Waals surface area (Å²) in [5.74, 6) is 0.836. The summed E-state index contributed by atoms with van der Waals surface area (Å²) in [5, 5.41) is 8.67. The smallest absolute Gasteiger partial charge is 0.118 e. The van der Waals surface area contributed by atoms with Crippen LogP contribution in [-0.2, 0) is 0 Å². The lowest BCUT2D eigenvalue weighted by atomic mass is 10.0. The average Bonchev–Trinajstić information content (AvgIpc) is 2.26. The van der Waals surface area contributed by atoms with Crippen LogP contribution in [0, 0.1) is 0 Å². The fourth-order valence-corrected chi connectivity index (χ4v) is 1.33. The first-order chi connectivity index (χ1) is 6.77. The SMILES string of the molecule is COc1ccc([C@@H](N)CCCO)cc1. The molecule has 0 saturated carbocycles. The lowest BCUT2D eigenvalue weighted by Crippen LogP contribution is -2.10. The zero-order valence-electron chi connectivity index (χ0n) is 8.44. The number of hydrogen-bond donors (Lipinski definition) is 2. The number of nitrogens with two attached hydrogens (primary N) is 1. The Labute approximate surface area is 84.5 Å². The van der Waals surface area contributed by atoms with Crippen molar-refractivity contribution < 1.29 is 9.84 Å². The zero-order chi connectivity index (χ0) is 10.4. The van der Waals surface area contributed by atoms with E-state index in [4.69, 9.17) is 15.6 Å².